The summed E-state index contributed by atoms with van der Waals surface area (Å²) in [5.74, 6) is 0.779. The lowest BCUT2D eigenvalue weighted by Crippen LogP contribution is -2.35. The Morgan fingerprint density at radius 1 is 1.25 bits per heavy atom. The molecular formula is C22H26N2O4. The first-order valence-corrected chi connectivity index (χ1v) is 9.47. The highest BCUT2D eigenvalue weighted by Crippen LogP contribution is 2.23. The van der Waals surface area contributed by atoms with Gasteiger partial charge in [-0.15, -0.1) is 0 Å². The summed E-state index contributed by atoms with van der Waals surface area (Å²) in [5.41, 5.74) is 1.74. The molecule has 0 N–H and O–H groups in total. The van der Waals surface area contributed by atoms with Gasteiger partial charge in [0.15, 0.2) is 0 Å². The molecular weight excluding hydrogens is 356 g/mol. The third-order valence-corrected chi connectivity index (χ3v) is 4.45. The maximum absolute atomic E-state index is 12.2. The van der Waals surface area contributed by atoms with Crippen LogP contribution < -0.4 is 4.74 Å². The van der Waals surface area contributed by atoms with E-state index in [9.17, 15) is 9.59 Å². The summed E-state index contributed by atoms with van der Waals surface area (Å²) in [7, 11) is 0. The van der Waals surface area contributed by atoms with E-state index in [4.69, 9.17) is 9.47 Å². The van der Waals surface area contributed by atoms with Gasteiger partial charge in [0.25, 0.3) is 0 Å². The molecule has 1 saturated heterocycles. The zero-order chi connectivity index (χ0) is 20.1. The van der Waals surface area contributed by atoms with Gasteiger partial charge in [0, 0.05) is 36.2 Å². The summed E-state index contributed by atoms with van der Waals surface area (Å²) in [5, 5.41) is 0. The SMILES string of the molecule is CC(C)(C)OC(=O)N1CC[C@@H](COc2cccc(-c3cccc(C=O)c3)n2)C1. The van der Waals surface area contributed by atoms with Crippen LogP contribution in [-0.2, 0) is 4.74 Å². The Kier molecular flexibility index (Phi) is 5.97. The van der Waals surface area contributed by atoms with Crippen molar-refractivity contribution in [1.29, 1.82) is 0 Å². The maximum atomic E-state index is 12.2. The Balaban J connectivity index is 1.57. The fraction of sp³-hybridized carbons (Fsp3) is 0.409. The summed E-state index contributed by atoms with van der Waals surface area (Å²) >= 11 is 0. The van der Waals surface area contributed by atoms with Crippen molar-refractivity contribution in [3.8, 4) is 17.1 Å². The van der Waals surface area contributed by atoms with E-state index in [1.54, 1.807) is 17.0 Å². The van der Waals surface area contributed by atoms with E-state index in [1.165, 1.54) is 0 Å². The van der Waals surface area contributed by atoms with Gasteiger partial charge < -0.3 is 14.4 Å². The lowest BCUT2D eigenvalue weighted by Gasteiger charge is -2.24. The molecule has 1 atom stereocenters. The Labute approximate surface area is 165 Å². The molecule has 0 saturated carbocycles. The number of amides is 1. The molecule has 0 spiro atoms. The number of hydrogen-bond acceptors (Lipinski definition) is 5. The number of nitrogens with zero attached hydrogens (tertiary/aromatic N) is 2. The number of pyridine rings is 1. The van der Waals surface area contributed by atoms with Crippen molar-refractivity contribution >= 4 is 12.4 Å². The number of aromatic nitrogens is 1. The monoisotopic (exact) mass is 382 g/mol. The van der Waals surface area contributed by atoms with E-state index >= 15 is 0 Å². The van der Waals surface area contributed by atoms with Crippen molar-refractivity contribution in [3.05, 3.63) is 48.0 Å². The molecule has 2 aromatic rings. The zero-order valence-corrected chi connectivity index (χ0v) is 16.6. The molecule has 1 fully saturated rings. The normalized spacial score (nSPS) is 16.7. The highest BCUT2D eigenvalue weighted by atomic mass is 16.6. The zero-order valence-electron chi connectivity index (χ0n) is 16.6. The second kappa shape index (κ2) is 8.42. The van der Waals surface area contributed by atoms with Crippen molar-refractivity contribution in [1.82, 2.24) is 9.88 Å². The molecule has 6 nitrogen and oxygen atoms in total. The average molecular weight is 382 g/mol. The van der Waals surface area contributed by atoms with Gasteiger partial charge in [-0.3, -0.25) is 4.79 Å². The quantitative estimate of drug-likeness (QED) is 0.725. The van der Waals surface area contributed by atoms with E-state index in [1.807, 2.05) is 51.1 Å². The van der Waals surface area contributed by atoms with Crippen LogP contribution >= 0.6 is 0 Å². The number of benzene rings is 1. The predicted octanol–water partition coefficient (Wildman–Crippen LogP) is 4.20. The highest BCUT2D eigenvalue weighted by molar-refractivity contribution is 5.78. The fourth-order valence-corrected chi connectivity index (χ4v) is 3.09. The van der Waals surface area contributed by atoms with E-state index in [2.05, 4.69) is 4.98 Å². The predicted molar refractivity (Wildman–Crippen MR) is 106 cm³/mol. The fourth-order valence-electron chi connectivity index (χ4n) is 3.09. The number of carbonyl (C=O) groups is 2. The molecule has 1 aromatic heterocycles. The van der Waals surface area contributed by atoms with E-state index in [-0.39, 0.29) is 12.0 Å². The molecule has 0 unspecified atom stereocenters. The first kappa shape index (κ1) is 19.9. The van der Waals surface area contributed by atoms with Gasteiger partial charge in [-0.05, 0) is 39.3 Å². The highest BCUT2D eigenvalue weighted by Gasteiger charge is 2.30. The molecule has 2 heterocycles. The number of hydrogen-bond donors (Lipinski definition) is 0. The average Bonchev–Trinajstić information content (AvgIpc) is 3.15. The Morgan fingerprint density at radius 2 is 2.04 bits per heavy atom. The van der Waals surface area contributed by atoms with Gasteiger partial charge in [0.2, 0.25) is 5.88 Å². The standard InChI is InChI=1S/C22H26N2O4/c1-22(2,3)28-21(26)24-11-10-17(13-24)15-27-20-9-5-8-19(23-20)18-7-4-6-16(12-18)14-25/h4-9,12,14,17H,10-11,13,15H2,1-3H3/t17-/m1/s1. The first-order chi connectivity index (χ1) is 13.3. The maximum Gasteiger partial charge on any atom is 0.410 e. The Morgan fingerprint density at radius 3 is 2.79 bits per heavy atom. The summed E-state index contributed by atoms with van der Waals surface area (Å²) in [6.45, 7) is 7.38. The van der Waals surface area contributed by atoms with Crippen LogP contribution in [0.15, 0.2) is 42.5 Å². The minimum atomic E-state index is -0.489. The Hall–Kier alpha value is -2.89. The van der Waals surface area contributed by atoms with Crippen molar-refractivity contribution < 1.29 is 19.1 Å². The molecule has 0 bridgehead atoms. The van der Waals surface area contributed by atoms with Gasteiger partial charge in [0.05, 0.1) is 12.3 Å². The second-order valence-electron chi connectivity index (χ2n) is 8.00. The minimum absolute atomic E-state index is 0.247. The number of likely N-dealkylation sites (tertiary alicyclic amines) is 1. The molecule has 0 aliphatic carbocycles. The summed E-state index contributed by atoms with van der Waals surface area (Å²) < 4.78 is 11.3. The number of aldehydes is 1. The first-order valence-electron chi connectivity index (χ1n) is 9.47. The van der Waals surface area contributed by atoms with Crippen molar-refractivity contribution in [3.63, 3.8) is 0 Å². The third kappa shape index (κ3) is 5.31. The van der Waals surface area contributed by atoms with Crippen molar-refractivity contribution in [2.45, 2.75) is 32.8 Å². The molecule has 6 heteroatoms. The lowest BCUT2D eigenvalue weighted by atomic mass is 10.1. The minimum Gasteiger partial charge on any atom is -0.477 e. The van der Waals surface area contributed by atoms with Crippen LogP contribution in [0, 0.1) is 5.92 Å². The number of ether oxygens (including phenoxy) is 2. The molecule has 1 amide bonds. The Bertz CT molecular complexity index is 844. The molecule has 1 aromatic carbocycles. The van der Waals surface area contributed by atoms with Crippen LogP contribution in [0.25, 0.3) is 11.3 Å². The van der Waals surface area contributed by atoms with Crippen molar-refractivity contribution in [2.75, 3.05) is 19.7 Å². The lowest BCUT2D eigenvalue weighted by molar-refractivity contribution is 0.0284. The molecule has 28 heavy (non-hydrogen) atoms. The molecule has 1 aliphatic heterocycles. The van der Waals surface area contributed by atoms with E-state index in [0.717, 1.165) is 24.0 Å². The number of carbonyl (C=O) groups excluding carboxylic acids is 2. The number of rotatable bonds is 5. The summed E-state index contributed by atoms with van der Waals surface area (Å²) in [4.78, 5) is 29.4. The van der Waals surface area contributed by atoms with Crippen molar-refractivity contribution in [2.24, 2.45) is 5.92 Å². The van der Waals surface area contributed by atoms with E-state index in [0.29, 0.717) is 31.1 Å². The van der Waals surface area contributed by atoms with Crippen LogP contribution in [0.5, 0.6) is 5.88 Å². The van der Waals surface area contributed by atoms with Crippen LogP contribution in [0.3, 0.4) is 0 Å². The van der Waals surface area contributed by atoms with Crippen LogP contribution in [0.2, 0.25) is 0 Å². The van der Waals surface area contributed by atoms with Gasteiger partial charge >= 0.3 is 6.09 Å². The van der Waals surface area contributed by atoms with Crippen LogP contribution in [0.1, 0.15) is 37.6 Å². The van der Waals surface area contributed by atoms with Crippen LogP contribution in [0.4, 0.5) is 4.79 Å². The van der Waals surface area contributed by atoms with Crippen LogP contribution in [-0.4, -0.2) is 47.6 Å². The van der Waals surface area contributed by atoms with Gasteiger partial charge in [-0.1, -0.05) is 24.3 Å². The molecule has 3 rings (SSSR count). The van der Waals surface area contributed by atoms with Gasteiger partial charge in [0.1, 0.15) is 11.9 Å². The summed E-state index contributed by atoms with van der Waals surface area (Å²) in [6, 6.07) is 12.9. The second-order valence-corrected chi connectivity index (χ2v) is 8.00. The molecule has 148 valence electrons. The molecule has 1 aliphatic rings. The molecule has 0 radical (unpaired) electrons. The van der Waals surface area contributed by atoms with E-state index < -0.39 is 5.60 Å². The smallest absolute Gasteiger partial charge is 0.410 e. The topological polar surface area (TPSA) is 68.7 Å². The summed E-state index contributed by atoms with van der Waals surface area (Å²) in [6.07, 6.45) is 1.42. The third-order valence-electron chi connectivity index (χ3n) is 4.45. The largest absolute Gasteiger partial charge is 0.477 e. The van der Waals surface area contributed by atoms with Gasteiger partial charge in [-0.25, -0.2) is 9.78 Å². The van der Waals surface area contributed by atoms with Gasteiger partial charge in [-0.2, -0.15) is 0 Å².